The van der Waals surface area contributed by atoms with Crippen molar-refractivity contribution in [2.75, 3.05) is 0 Å². The molecule has 12 heavy (non-hydrogen) atoms. The summed E-state index contributed by atoms with van der Waals surface area (Å²) in [7, 11) is 0. The molecule has 0 aromatic heterocycles. The lowest BCUT2D eigenvalue weighted by Crippen LogP contribution is -1.87. The molecule has 0 amide bonds. The predicted molar refractivity (Wildman–Crippen MR) is 43.2 cm³/mol. The summed E-state index contributed by atoms with van der Waals surface area (Å²) in [6.07, 6.45) is 1.08. The van der Waals surface area contributed by atoms with Crippen LogP contribution >= 0.6 is 0 Å². The van der Waals surface area contributed by atoms with Crippen LogP contribution in [0.4, 0.5) is 0 Å². The van der Waals surface area contributed by atoms with Crippen molar-refractivity contribution < 1.29 is 0 Å². The fraction of sp³-hybridized carbons (Fsp3) is 0. The summed E-state index contributed by atoms with van der Waals surface area (Å²) in [4.78, 5) is 0. The second kappa shape index (κ2) is 4.50. The van der Waals surface area contributed by atoms with Crippen molar-refractivity contribution in [3.05, 3.63) is 36.0 Å². The molecule has 0 aliphatic carbocycles. The summed E-state index contributed by atoms with van der Waals surface area (Å²) in [6.45, 7) is 6.74. The number of hydrogen-bond acceptors (Lipinski definition) is 3. The van der Waals surface area contributed by atoms with E-state index in [-0.39, 0.29) is 16.7 Å². The van der Waals surface area contributed by atoms with Crippen molar-refractivity contribution in [2.24, 2.45) is 0 Å². The van der Waals surface area contributed by atoms with E-state index < -0.39 is 0 Å². The van der Waals surface area contributed by atoms with E-state index in [9.17, 15) is 0 Å². The van der Waals surface area contributed by atoms with Gasteiger partial charge in [-0.2, -0.15) is 15.8 Å². The maximum Gasteiger partial charge on any atom is 0.0992 e. The Labute approximate surface area is 70.8 Å². The minimum atomic E-state index is 0.0723. The van der Waals surface area contributed by atoms with Crippen LogP contribution in [0.25, 0.3) is 0 Å². The molecule has 0 unspecified atom stereocenters. The van der Waals surface area contributed by atoms with Crippen LogP contribution < -0.4 is 0 Å². The van der Waals surface area contributed by atoms with Crippen molar-refractivity contribution in [1.29, 1.82) is 15.8 Å². The van der Waals surface area contributed by atoms with Gasteiger partial charge in [0.05, 0.1) is 29.4 Å². The van der Waals surface area contributed by atoms with E-state index in [4.69, 9.17) is 15.8 Å². The van der Waals surface area contributed by atoms with E-state index in [1.807, 2.05) is 0 Å². The molecule has 0 aromatic carbocycles. The van der Waals surface area contributed by atoms with E-state index in [2.05, 4.69) is 13.2 Å². The van der Waals surface area contributed by atoms with Gasteiger partial charge >= 0.3 is 0 Å². The van der Waals surface area contributed by atoms with E-state index in [1.54, 1.807) is 18.2 Å². The van der Waals surface area contributed by atoms with Gasteiger partial charge in [0, 0.05) is 11.6 Å². The molecule has 0 saturated heterocycles. The highest BCUT2D eigenvalue weighted by Gasteiger charge is 2.05. The smallest absolute Gasteiger partial charge is 0.0992 e. The van der Waals surface area contributed by atoms with Crippen LogP contribution in [-0.2, 0) is 0 Å². The van der Waals surface area contributed by atoms with Crippen molar-refractivity contribution in [1.82, 2.24) is 0 Å². The Balaban J connectivity index is 5.04. The Morgan fingerprint density at radius 2 is 1.42 bits per heavy atom. The van der Waals surface area contributed by atoms with E-state index in [0.717, 1.165) is 6.08 Å². The molecule has 0 rings (SSSR count). The van der Waals surface area contributed by atoms with E-state index >= 15 is 0 Å². The molecule has 0 aliphatic rings. The average molecular weight is 155 g/mol. The molecule has 0 radical (unpaired) electrons. The molecule has 56 valence electrons. The molecule has 0 fully saturated rings. The summed E-state index contributed by atoms with van der Waals surface area (Å²) in [5.74, 6) is 0. The summed E-state index contributed by atoms with van der Waals surface area (Å²) in [5.41, 5.74) is 0.341. The monoisotopic (exact) mass is 155 g/mol. The van der Waals surface area contributed by atoms with Crippen LogP contribution in [0.2, 0.25) is 0 Å². The first-order valence-corrected chi connectivity index (χ1v) is 2.96. The van der Waals surface area contributed by atoms with Gasteiger partial charge < -0.3 is 0 Å². The molecule has 0 N–H and O–H groups in total. The van der Waals surface area contributed by atoms with Crippen LogP contribution in [0.15, 0.2) is 36.0 Å². The van der Waals surface area contributed by atoms with Gasteiger partial charge in [0.1, 0.15) is 0 Å². The fourth-order valence-corrected chi connectivity index (χ4v) is 0.541. The van der Waals surface area contributed by atoms with Crippen molar-refractivity contribution in [3.63, 3.8) is 0 Å². The minimum absolute atomic E-state index is 0.0723. The lowest BCUT2D eigenvalue weighted by molar-refractivity contribution is 1.41. The normalized spacial score (nSPS) is 6.75. The molecule has 0 spiro atoms. The molecule has 0 saturated carbocycles. The lowest BCUT2D eigenvalue weighted by atomic mass is 10.0. The summed E-state index contributed by atoms with van der Waals surface area (Å²) >= 11 is 0. The Bertz CT molecular complexity index is 338. The number of hydrogen-bond donors (Lipinski definition) is 0. The molecule has 3 heteroatoms. The lowest BCUT2D eigenvalue weighted by Gasteiger charge is -1.96. The third-order valence-electron chi connectivity index (χ3n) is 1.13. The largest absolute Gasteiger partial charge is 0.193 e. The molecule has 3 nitrogen and oxygen atoms in total. The highest BCUT2D eigenvalue weighted by molar-refractivity contribution is 5.57. The maximum atomic E-state index is 8.43. The number of nitriles is 3. The van der Waals surface area contributed by atoms with E-state index in [1.165, 1.54) is 0 Å². The molecule has 0 aliphatic heterocycles. The zero-order valence-corrected chi connectivity index (χ0v) is 6.33. The zero-order chi connectivity index (χ0) is 9.56. The molecule has 0 atom stereocenters. The minimum Gasteiger partial charge on any atom is -0.193 e. The number of allylic oxidation sites excluding steroid dienone is 4. The van der Waals surface area contributed by atoms with Crippen LogP contribution in [0, 0.1) is 34.0 Å². The van der Waals surface area contributed by atoms with Gasteiger partial charge in [-0.05, 0) is 0 Å². The molecule has 0 aromatic rings. The van der Waals surface area contributed by atoms with Crippen molar-refractivity contribution >= 4 is 0 Å². The van der Waals surface area contributed by atoms with Gasteiger partial charge in [0.15, 0.2) is 0 Å². The highest BCUT2D eigenvalue weighted by atomic mass is 14.3. The van der Waals surface area contributed by atoms with Gasteiger partial charge in [-0.15, -0.1) is 0 Å². The fourth-order valence-electron chi connectivity index (χ4n) is 0.541. The second-order valence-electron chi connectivity index (χ2n) is 1.87. The summed E-state index contributed by atoms with van der Waals surface area (Å²) in [5, 5.41) is 25.1. The predicted octanol–water partition coefficient (Wildman–Crippen LogP) is 1.60. The van der Waals surface area contributed by atoms with Gasteiger partial charge in [0.25, 0.3) is 0 Å². The van der Waals surface area contributed by atoms with Crippen molar-refractivity contribution in [2.45, 2.75) is 0 Å². The molecule has 0 bridgehead atoms. The first-order valence-electron chi connectivity index (χ1n) is 2.96. The van der Waals surface area contributed by atoms with Crippen molar-refractivity contribution in [3.8, 4) is 18.2 Å². The maximum absolute atomic E-state index is 8.43. The Morgan fingerprint density at radius 1 is 1.00 bits per heavy atom. The average Bonchev–Trinajstić information content (AvgIpc) is 2.11. The Kier molecular flexibility index (Phi) is 3.63. The van der Waals surface area contributed by atoms with Gasteiger partial charge in [0.2, 0.25) is 0 Å². The standard InChI is InChI=1S/C9H5N3/c1-7(5-11)9(3-4-10)8(2)6-12/h3H,1-2H2. The zero-order valence-electron chi connectivity index (χ0n) is 6.33. The Hall–Kier alpha value is -2.31. The van der Waals surface area contributed by atoms with Gasteiger partial charge in [-0.1, -0.05) is 13.2 Å². The first kappa shape index (κ1) is 9.69. The molecular weight excluding hydrogens is 150 g/mol. The first-order chi connectivity index (χ1) is 5.67. The summed E-state index contributed by atoms with van der Waals surface area (Å²) < 4.78 is 0. The third-order valence-corrected chi connectivity index (χ3v) is 1.13. The van der Waals surface area contributed by atoms with Gasteiger partial charge in [-0.3, -0.25) is 0 Å². The van der Waals surface area contributed by atoms with Crippen LogP contribution in [0.5, 0.6) is 0 Å². The van der Waals surface area contributed by atoms with Crippen LogP contribution in [0.3, 0.4) is 0 Å². The quantitative estimate of drug-likeness (QED) is 0.449. The third kappa shape index (κ3) is 2.14. The van der Waals surface area contributed by atoms with Crippen LogP contribution in [-0.4, -0.2) is 0 Å². The topological polar surface area (TPSA) is 71.4 Å². The van der Waals surface area contributed by atoms with Gasteiger partial charge in [-0.25, -0.2) is 0 Å². The second-order valence-corrected chi connectivity index (χ2v) is 1.87. The Morgan fingerprint density at radius 3 is 1.67 bits per heavy atom. The van der Waals surface area contributed by atoms with E-state index in [0.29, 0.717) is 0 Å². The summed E-state index contributed by atoms with van der Waals surface area (Å²) in [6, 6.07) is 5.19. The number of nitrogens with zero attached hydrogens (tertiary/aromatic N) is 3. The highest BCUT2D eigenvalue weighted by Crippen LogP contribution is 2.14. The molecular formula is C9H5N3. The SMILES string of the molecule is C=C(C#N)C(=CC#N)C(=C)C#N. The van der Waals surface area contributed by atoms with Crippen LogP contribution in [0.1, 0.15) is 0 Å². The number of rotatable bonds is 2. The molecule has 0 heterocycles.